The van der Waals surface area contributed by atoms with Crippen molar-refractivity contribution in [2.24, 2.45) is 0 Å². The number of halogens is 2. The van der Waals surface area contributed by atoms with Crippen molar-refractivity contribution in [3.63, 3.8) is 0 Å². The Kier molecular flexibility index (Phi) is 1.62. The Balaban J connectivity index is 2.97. The summed E-state index contributed by atoms with van der Waals surface area (Å²) in [7, 11) is 0. The third-order valence-corrected chi connectivity index (χ3v) is 1.79. The Hall–Kier alpha value is -1.71. The van der Waals surface area contributed by atoms with E-state index in [1.807, 2.05) is 0 Å². The van der Waals surface area contributed by atoms with E-state index in [0.717, 1.165) is 6.07 Å². The largest absolute Gasteiger partial charge is 0.319 e. The molecule has 0 aliphatic carbocycles. The summed E-state index contributed by atoms with van der Waals surface area (Å²) in [6, 6.07) is 5.06. The molecule has 1 aromatic carbocycles. The minimum atomic E-state index is -0.974. The summed E-state index contributed by atoms with van der Waals surface area (Å²) in [5.74, 6) is -1.52. The topological polar surface area (TPSA) is 32.9 Å². The van der Waals surface area contributed by atoms with E-state index in [1.54, 1.807) is 0 Å². The number of aromatic amines is 1. The van der Waals surface area contributed by atoms with Gasteiger partial charge >= 0.3 is 0 Å². The van der Waals surface area contributed by atoms with Gasteiger partial charge in [0.15, 0.2) is 5.82 Å². The molecule has 0 bridgehead atoms. The lowest BCUT2D eigenvalue weighted by Crippen LogP contribution is -2.09. The van der Waals surface area contributed by atoms with Crippen LogP contribution in [0.2, 0.25) is 0 Å². The van der Waals surface area contributed by atoms with E-state index in [9.17, 15) is 13.6 Å². The summed E-state index contributed by atoms with van der Waals surface area (Å²) in [6.07, 6.45) is 0. The number of H-pyrrole nitrogens is 1. The minimum Gasteiger partial charge on any atom is -0.319 e. The zero-order valence-corrected chi connectivity index (χ0v) is 6.47. The third kappa shape index (κ3) is 1.20. The molecule has 0 unspecified atom stereocenters. The van der Waals surface area contributed by atoms with E-state index in [4.69, 9.17) is 0 Å². The molecule has 0 radical (unpaired) electrons. The summed E-state index contributed by atoms with van der Waals surface area (Å²) in [5, 5.41) is 0.0830. The summed E-state index contributed by atoms with van der Waals surface area (Å²) in [5.41, 5.74) is -0.537. The van der Waals surface area contributed by atoms with Crippen LogP contribution in [-0.4, -0.2) is 4.98 Å². The number of aromatic nitrogens is 1. The molecule has 0 saturated heterocycles. The summed E-state index contributed by atoms with van der Waals surface area (Å²) >= 11 is 0. The number of benzene rings is 1. The molecule has 2 aromatic rings. The van der Waals surface area contributed by atoms with Crippen LogP contribution in [-0.2, 0) is 0 Å². The van der Waals surface area contributed by atoms with Gasteiger partial charge in [0, 0.05) is 5.39 Å². The molecule has 1 heterocycles. The standard InChI is InChI=1S/C9H5F2NO/c10-6-2-1-3-8-5(6)4-7(11)9(13)12-8/h1-4H,(H,12,13). The smallest absolute Gasteiger partial charge is 0.284 e. The molecule has 0 atom stereocenters. The fourth-order valence-corrected chi connectivity index (χ4v) is 1.17. The minimum absolute atomic E-state index is 0.0830. The number of hydrogen-bond donors (Lipinski definition) is 1. The van der Waals surface area contributed by atoms with Crippen LogP contribution in [0.3, 0.4) is 0 Å². The molecule has 4 heteroatoms. The summed E-state index contributed by atoms with van der Waals surface area (Å²) in [6.45, 7) is 0. The highest BCUT2D eigenvalue weighted by Crippen LogP contribution is 2.13. The van der Waals surface area contributed by atoms with E-state index < -0.39 is 17.2 Å². The predicted octanol–water partition coefficient (Wildman–Crippen LogP) is 1.81. The lowest BCUT2D eigenvalue weighted by Gasteiger charge is -1.97. The Labute approximate surface area is 71.8 Å². The molecule has 2 rings (SSSR count). The highest BCUT2D eigenvalue weighted by molar-refractivity contribution is 5.78. The highest BCUT2D eigenvalue weighted by Gasteiger charge is 2.04. The van der Waals surface area contributed by atoms with Crippen molar-refractivity contribution in [1.82, 2.24) is 4.98 Å². The van der Waals surface area contributed by atoms with Crippen molar-refractivity contribution in [3.8, 4) is 0 Å². The molecular weight excluding hydrogens is 176 g/mol. The molecule has 0 fully saturated rings. The predicted molar refractivity (Wildman–Crippen MR) is 44.5 cm³/mol. The molecule has 13 heavy (non-hydrogen) atoms. The van der Waals surface area contributed by atoms with Crippen molar-refractivity contribution in [3.05, 3.63) is 46.3 Å². The van der Waals surface area contributed by atoms with Gasteiger partial charge in [0.2, 0.25) is 0 Å². The lowest BCUT2D eigenvalue weighted by atomic mass is 10.2. The van der Waals surface area contributed by atoms with Crippen molar-refractivity contribution in [2.45, 2.75) is 0 Å². The van der Waals surface area contributed by atoms with Crippen LogP contribution < -0.4 is 5.56 Å². The molecular formula is C9H5F2NO. The van der Waals surface area contributed by atoms with Crippen LogP contribution in [0.25, 0.3) is 10.9 Å². The van der Waals surface area contributed by atoms with Gasteiger partial charge in [-0.05, 0) is 18.2 Å². The maximum absolute atomic E-state index is 13.0. The van der Waals surface area contributed by atoms with Crippen molar-refractivity contribution >= 4 is 10.9 Å². The van der Waals surface area contributed by atoms with Crippen LogP contribution in [0.4, 0.5) is 8.78 Å². The van der Waals surface area contributed by atoms with Gasteiger partial charge < -0.3 is 4.98 Å². The number of rotatable bonds is 0. The van der Waals surface area contributed by atoms with Gasteiger partial charge in [-0.3, -0.25) is 4.79 Å². The molecule has 0 aliphatic rings. The van der Waals surface area contributed by atoms with E-state index in [2.05, 4.69) is 4.98 Å². The molecule has 1 N–H and O–H groups in total. The fourth-order valence-electron chi connectivity index (χ4n) is 1.17. The Morgan fingerprint density at radius 2 is 1.92 bits per heavy atom. The van der Waals surface area contributed by atoms with Crippen LogP contribution in [0.5, 0.6) is 0 Å². The molecule has 0 aliphatic heterocycles. The fraction of sp³-hybridized carbons (Fsp3) is 0. The van der Waals surface area contributed by atoms with Gasteiger partial charge in [-0.25, -0.2) is 8.78 Å². The van der Waals surface area contributed by atoms with Crippen molar-refractivity contribution in [1.29, 1.82) is 0 Å². The van der Waals surface area contributed by atoms with Gasteiger partial charge in [-0.15, -0.1) is 0 Å². The Morgan fingerprint density at radius 1 is 1.15 bits per heavy atom. The maximum Gasteiger partial charge on any atom is 0.284 e. The van der Waals surface area contributed by atoms with Crippen molar-refractivity contribution in [2.75, 3.05) is 0 Å². The number of fused-ring (bicyclic) bond motifs is 1. The second kappa shape index (κ2) is 2.65. The first-order valence-corrected chi connectivity index (χ1v) is 3.65. The number of pyridine rings is 1. The first kappa shape index (κ1) is 7.91. The van der Waals surface area contributed by atoms with Crippen LogP contribution in [0.15, 0.2) is 29.1 Å². The zero-order chi connectivity index (χ0) is 9.42. The molecule has 2 nitrogen and oxygen atoms in total. The SMILES string of the molecule is O=c1[nH]c2cccc(F)c2cc1F. The van der Waals surface area contributed by atoms with E-state index in [1.165, 1.54) is 18.2 Å². The second-order valence-electron chi connectivity index (χ2n) is 2.65. The maximum atomic E-state index is 13.0. The molecule has 0 spiro atoms. The normalized spacial score (nSPS) is 10.6. The van der Waals surface area contributed by atoms with Crippen LogP contribution in [0.1, 0.15) is 0 Å². The van der Waals surface area contributed by atoms with Crippen LogP contribution in [0, 0.1) is 11.6 Å². The van der Waals surface area contributed by atoms with Gasteiger partial charge in [0.1, 0.15) is 5.82 Å². The Morgan fingerprint density at radius 3 is 2.69 bits per heavy atom. The first-order valence-electron chi connectivity index (χ1n) is 3.65. The molecule has 0 saturated carbocycles. The number of hydrogen-bond acceptors (Lipinski definition) is 1. The quantitative estimate of drug-likeness (QED) is 0.660. The second-order valence-corrected chi connectivity index (χ2v) is 2.65. The molecule has 1 aromatic heterocycles. The molecule has 0 amide bonds. The average Bonchev–Trinajstić information content (AvgIpc) is 2.09. The number of nitrogens with one attached hydrogen (secondary N) is 1. The van der Waals surface area contributed by atoms with E-state index in [-0.39, 0.29) is 5.39 Å². The van der Waals surface area contributed by atoms with E-state index in [0.29, 0.717) is 5.52 Å². The van der Waals surface area contributed by atoms with Gasteiger partial charge in [-0.1, -0.05) is 6.07 Å². The lowest BCUT2D eigenvalue weighted by molar-refractivity contribution is 0.606. The first-order chi connectivity index (χ1) is 6.18. The highest BCUT2D eigenvalue weighted by atomic mass is 19.1. The zero-order valence-electron chi connectivity index (χ0n) is 6.47. The van der Waals surface area contributed by atoms with Gasteiger partial charge in [0.05, 0.1) is 5.52 Å². The van der Waals surface area contributed by atoms with Gasteiger partial charge in [-0.2, -0.15) is 0 Å². The summed E-state index contributed by atoms with van der Waals surface area (Å²) < 4.78 is 25.7. The van der Waals surface area contributed by atoms with E-state index >= 15 is 0 Å². The van der Waals surface area contributed by atoms with Crippen molar-refractivity contribution < 1.29 is 8.78 Å². The van der Waals surface area contributed by atoms with Gasteiger partial charge in [0.25, 0.3) is 5.56 Å². The average molecular weight is 181 g/mol. The summed E-state index contributed by atoms with van der Waals surface area (Å²) in [4.78, 5) is 13.0. The monoisotopic (exact) mass is 181 g/mol. The third-order valence-electron chi connectivity index (χ3n) is 1.79. The Bertz CT molecular complexity index is 518. The molecule has 66 valence electrons. The van der Waals surface area contributed by atoms with Crippen LogP contribution >= 0.6 is 0 Å².